The first-order valence-electron chi connectivity index (χ1n) is 9.67. The van der Waals surface area contributed by atoms with Crippen molar-refractivity contribution < 1.29 is 22.7 Å². The number of aliphatic imine (C=N–C) groups is 1. The first-order chi connectivity index (χ1) is 15.2. The summed E-state index contributed by atoms with van der Waals surface area (Å²) in [4.78, 5) is 21.2. The zero-order chi connectivity index (χ0) is 22.9. The van der Waals surface area contributed by atoms with Crippen LogP contribution in [-0.4, -0.2) is 55.6 Å². The molecule has 11 heteroatoms. The maximum Gasteiger partial charge on any atom is 0.274 e. The van der Waals surface area contributed by atoms with E-state index in [0.29, 0.717) is 35.8 Å². The van der Waals surface area contributed by atoms with Crippen molar-refractivity contribution in [1.82, 2.24) is 9.29 Å². The Labute approximate surface area is 185 Å². The summed E-state index contributed by atoms with van der Waals surface area (Å²) in [7, 11) is -2.28. The number of benzene rings is 1. The van der Waals surface area contributed by atoms with Crippen molar-refractivity contribution in [2.24, 2.45) is 10.7 Å². The number of hydrogen-bond donors (Lipinski definition) is 2. The Morgan fingerprint density at radius 1 is 1.41 bits per heavy atom. The summed E-state index contributed by atoms with van der Waals surface area (Å²) in [5.41, 5.74) is 5.99. The van der Waals surface area contributed by atoms with Gasteiger partial charge in [0.2, 0.25) is 16.0 Å². The Bertz CT molecular complexity index is 1240. The smallest absolute Gasteiger partial charge is 0.274 e. The standard InChI is InChI=1S/C21H21N5O5S/c1-3-9-30-15-5-6-17(23-12-15)19(27)24-14-4-7-18-16(11-14)21(8-10-31-18)13-32(28,29)26(2)20(22)25-21/h1,4-7,11-12H,8-10,13H2,2H3,(H2,22,25)(H,24,27)/t21-/m0/s1. The molecule has 2 aromatic rings. The van der Waals surface area contributed by atoms with Crippen LogP contribution in [0.25, 0.3) is 0 Å². The van der Waals surface area contributed by atoms with E-state index in [1.807, 2.05) is 0 Å². The van der Waals surface area contributed by atoms with Gasteiger partial charge in [0.25, 0.3) is 5.91 Å². The molecule has 32 heavy (non-hydrogen) atoms. The molecule has 3 heterocycles. The highest BCUT2D eigenvalue weighted by molar-refractivity contribution is 7.89. The number of carbonyl (C=O) groups excluding carboxylic acids is 1. The van der Waals surface area contributed by atoms with Crippen molar-refractivity contribution in [3.63, 3.8) is 0 Å². The number of terminal acetylenes is 1. The molecule has 1 atom stereocenters. The molecule has 3 N–H and O–H groups in total. The van der Waals surface area contributed by atoms with Crippen LogP contribution in [0, 0.1) is 12.3 Å². The molecule has 4 rings (SSSR count). The van der Waals surface area contributed by atoms with Crippen molar-refractivity contribution in [3.8, 4) is 23.8 Å². The van der Waals surface area contributed by atoms with Gasteiger partial charge in [-0.25, -0.2) is 22.7 Å². The number of fused-ring (bicyclic) bond motifs is 2. The minimum atomic E-state index is -3.65. The lowest BCUT2D eigenvalue weighted by Crippen LogP contribution is -2.52. The van der Waals surface area contributed by atoms with Gasteiger partial charge in [-0.2, -0.15) is 0 Å². The number of rotatable bonds is 4. The molecule has 2 aliphatic rings. The SMILES string of the molecule is C#CCOc1ccc(C(=O)Nc2ccc3c(c2)[C@]2(CCO3)CS(=O)(=O)N(C)C(N)=N2)nc1. The summed E-state index contributed by atoms with van der Waals surface area (Å²) in [5, 5.41) is 2.76. The van der Waals surface area contributed by atoms with E-state index in [4.69, 9.17) is 21.6 Å². The van der Waals surface area contributed by atoms with E-state index in [1.165, 1.54) is 19.3 Å². The number of pyridine rings is 1. The minimum Gasteiger partial charge on any atom is -0.493 e. The van der Waals surface area contributed by atoms with Gasteiger partial charge in [-0.3, -0.25) is 4.79 Å². The summed E-state index contributed by atoms with van der Waals surface area (Å²) in [6, 6.07) is 8.10. The quantitative estimate of drug-likeness (QED) is 0.654. The van der Waals surface area contributed by atoms with Crippen molar-refractivity contribution in [2.45, 2.75) is 12.0 Å². The van der Waals surface area contributed by atoms with Gasteiger partial charge in [0.05, 0.1) is 18.6 Å². The number of nitrogens with one attached hydrogen (secondary N) is 1. The zero-order valence-electron chi connectivity index (χ0n) is 17.2. The lowest BCUT2D eigenvalue weighted by molar-refractivity contribution is 0.102. The molecule has 0 bridgehead atoms. The van der Waals surface area contributed by atoms with E-state index in [2.05, 4.69) is 21.2 Å². The molecule has 0 fully saturated rings. The van der Waals surface area contributed by atoms with Crippen LogP contribution in [0.2, 0.25) is 0 Å². The van der Waals surface area contributed by atoms with Gasteiger partial charge >= 0.3 is 0 Å². The average Bonchev–Trinajstić information content (AvgIpc) is 2.77. The normalized spacial score (nSPS) is 21.0. The van der Waals surface area contributed by atoms with E-state index >= 15 is 0 Å². The van der Waals surface area contributed by atoms with E-state index in [-0.39, 0.29) is 24.0 Å². The third-order valence-electron chi connectivity index (χ3n) is 5.29. The van der Waals surface area contributed by atoms with Crippen molar-refractivity contribution in [2.75, 3.05) is 31.3 Å². The Hall–Kier alpha value is -3.78. The van der Waals surface area contributed by atoms with Gasteiger partial charge in [-0.15, -0.1) is 6.42 Å². The molecule has 0 saturated heterocycles. The van der Waals surface area contributed by atoms with Gasteiger partial charge in [0, 0.05) is 24.7 Å². The lowest BCUT2D eigenvalue weighted by atomic mass is 9.86. The highest BCUT2D eigenvalue weighted by Crippen LogP contribution is 2.44. The number of carbonyl (C=O) groups is 1. The summed E-state index contributed by atoms with van der Waals surface area (Å²) in [5.74, 6) is 2.52. The Kier molecular flexibility index (Phi) is 5.40. The number of nitrogens with two attached hydrogens (primary N) is 1. The maximum atomic E-state index is 12.6. The van der Waals surface area contributed by atoms with Crippen LogP contribution < -0.4 is 20.5 Å². The molecule has 166 valence electrons. The summed E-state index contributed by atoms with van der Waals surface area (Å²) in [6.07, 6.45) is 6.90. The maximum absolute atomic E-state index is 12.6. The second-order valence-electron chi connectivity index (χ2n) is 7.36. The number of ether oxygens (including phenoxy) is 2. The molecule has 1 aromatic heterocycles. The molecule has 2 aliphatic heterocycles. The highest BCUT2D eigenvalue weighted by Gasteiger charge is 2.47. The summed E-state index contributed by atoms with van der Waals surface area (Å²) < 4.78 is 37.2. The Balaban J connectivity index is 1.62. The number of guanidine groups is 1. The van der Waals surface area contributed by atoms with Crippen LogP contribution in [-0.2, 0) is 15.6 Å². The van der Waals surface area contributed by atoms with Gasteiger partial charge in [-0.1, -0.05) is 5.92 Å². The van der Waals surface area contributed by atoms with Gasteiger partial charge in [0.15, 0.2) is 0 Å². The molecule has 10 nitrogen and oxygen atoms in total. The van der Waals surface area contributed by atoms with Crippen LogP contribution in [0.15, 0.2) is 41.5 Å². The van der Waals surface area contributed by atoms with Gasteiger partial charge in [-0.05, 0) is 30.3 Å². The van der Waals surface area contributed by atoms with Gasteiger partial charge < -0.3 is 20.5 Å². The first-order valence-corrected chi connectivity index (χ1v) is 11.3. The van der Waals surface area contributed by atoms with Crippen LogP contribution in [0.5, 0.6) is 11.5 Å². The number of hydrogen-bond acceptors (Lipinski definition) is 8. The van der Waals surface area contributed by atoms with Crippen molar-refractivity contribution in [3.05, 3.63) is 47.8 Å². The number of nitrogens with zero attached hydrogens (tertiary/aromatic N) is 3. The molecule has 0 saturated carbocycles. The number of sulfonamides is 1. The molecule has 1 spiro atoms. The van der Waals surface area contributed by atoms with Crippen LogP contribution in [0.3, 0.4) is 0 Å². The fourth-order valence-corrected chi connectivity index (χ4v) is 5.10. The molecule has 1 amide bonds. The third kappa shape index (κ3) is 3.92. The zero-order valence-corrected chi connectivity index (χ0v) is 18.1. The Morgan fingerprint density at radius 3 is 2.91 bits per heavy atom. The van der Waals surface area contributed by atoms with Crippen molar-refractivity contribution >= 4 is 27.6 Å². The third-order valence-corrected chi connectivity index (χ3v) is 7.16. The van der Waals surface area contributed by atoms with E-state index in [1.54, 1.807) is 24.3 Å². The molecule has 0 radical (unpaired) electrons. The van der Waals surface area contributed by atoms with E-state index in [9.17, 15) is 13.2 Å². The minimum absolute atomic E-state index is 0.0881. The fourth-order valence-electron chi connectivity index (χ4n) is 3.61. The fraction of sp³-hybridized carbons (Fsp3) is 0.286. The van der Waals surface area contributed by atoms with Crippen LogP contribution in [0.4, 0.5) is 5.69 Å². The molecular formula is C21H21N5O5S. The highest BCUT2D eigenvalue weighted by atomic mass is 32.2. The molecule has 0 aliphatic carbocycles. The monoisotopic (exact) mass is 455 g/mol. The van der Waals surface area contributed by atoms with Gasteiger partial charge in [0.1, 0.15) is 29.3 Å². The first kappa shape index (κ1) is 21.5. The number of anilines is 1. The molecule has 0 unspecified atom stereocenters. The topological polar surface area (TPSA) is 136 Å². The predicted octanol–water partition coefficient (Wildman–Crippen LogP) is 0.914. The second kappa shape index (κ2) is 8.05. The average molecular weight is 455 g/mol. The predicted molar refractivity (Wildman–Crippen MR) is 118 cm³/mol. The number of aromatic nitrogens is 1. The summed E-state index contributed by atoms with van der Waals surface area (Å²) >= 11 is 0. The van der Waals surface area contributed by atoms with E-state index in [0.717, 1.165) is 4.31 Å². The van der Waals surface area contributed by atoms with E-state index < -0.39 is 21.5 Å². The molecular weight excluding hydrogens is 434 g/mol. The van der Waals surface area contributed by atoms with Crippen LogP contribution >= 0.6 is 0 Å². The summed E-state index contributed by atoms with van der Waals surface area (Å²) in [6.45, 7) is 0.400. The molecule has 1 aromatic carbocycles. The Morgan fingerprint density at radius 2 is 2.22 bits per heavy atom. The second-order valence-corrected chi connectivity index (χ2v) is 9.36. The number of amides is 1. The largest absolute Gasteiger partial charge is 0.493 e. The lowest BCUT2D eigenvalue weighted by Gasteiger charge is -2.40. The van der Waals surface area contributed by atoms with Crippen molar-refractivity contribution in [1.29, 1.82) is 0 Å². The van der Waals surface area contributed by atoms with Crippen LogP contribution in [0.1, 0.15) is 22.5 Å².